The predicted octanol–water partition coefficient (Wildman–Crippen LogP) is 1.51. The van der Waals surface area contributed by atoms with Crippen molar-refractivity contribution >= 4 is 5.96 Å². The highest BCUT2D eigenvalue weighted by Crippen LogP contribution is 2.07. The number of methoxy groups -OCH3 is 1. The fourth-order valence-corrected chi connectivity index (χ4v) is 2.54. The Labute approximate surface area is 156 Å². The first kappa shape index (κ1) is 19.9. The van der Waals surface area contributed by atoms with Gasteiger partial charge in [-0.1, -0.05) is 18.2 Å². The highest BCUT2D eigenvalue weighted by Gasteiger charge is 2.03. The molecule has 7 heteroatoms. The van der Waals surface area contributed by atoms with E-state index < -0.39 is 0 Å². The van der Waals surface area contributed by atoms with Gasteiger partial charge in [-0.15, -0.1) is 0 Å². The van der Waals surface area contributed by atoms with Gasteiger partial charge in [-0.3, -0.25) is 4.99 Å². The molecule has 2 aromatic rings. The van der Waals surface area contributed by atoms with Gasteiger partial charge >= 0.3 is 0 Å². The molecule has 7 nitrogen and oxygen atoms in total. The van der Waals surface area contributed by atoms with Crippen LogP contribution in [0.5, 0.6) is 0 Å². The smallest absolute Gasteiger partial charge is 0.191 e. The summed E-state index contributed by atoms with van der Waals surface area (Å²) >= 11 is 0. The molecule has 0 bridgehead atoms. The lowest BCUT2D eigenvalue weighted by atomic mass is 10.3. The fourth-order valence-electron chi connectivity index (χ4n) is 2.54. The Morgan fingerprint density at radius 1 is 1.23 bits per heavy atom. The van der Waals surface area contributed by atoms with E-state index in [-0.39, 0.29) is 0 Å². The van der Waals surface area contributed by atoms with Gasteiger partial charge in [0.15, 0.2) is 5.96 Å². The molecule has 2 rings (SSSR count). The fraction of sp³-hybridized carbons (Fsp3) is 0.474. The summed E-state index contributed by atoms with van der Waals surface area (Å²) in [6, 6.07) is 10.1. The molecule has 0 radical (unpaired) electrons. The summed E-state index contributed by atoms with van der Waals surface area (Å²) in [4.78, 5) is 6.55. The van der Waals surface area contributed by atoms with Crippen molar-refractivity contribution in [2.24, 2.45) is 4.99 Å². The third-order valence-corrected chi connectivity index (χ3v) is 4.01. The standard InChI is InChI=1S/C19H30N6O/c1-20-19(21-10-12-24(2)11-7-13-26-3)22-14-17-15-23-25(16-17)18-8-5-4-6-9-18/h4-6,8-9,15-16H,7,10-14H2,1-3H3,(H2,20,21,22). The number of nitrogens with one attached hydrogen (secondary N) is 2. The normalized spacial score (nSPS) is 11.8. The van der Waals surface area contributed by atoms with Crippen molar-refractivity contribution in [1.82, 2.24) is 25.3 Å². The molecule has 142 valence electrons. The van der Waals surface area contributed by atoms with Crippen LogP contribution in [0.1, 0.15) is 12.0 Å². The van der Waals surface area contributed by atoms with Crippen LogP contribution in [0.2, 0.25) is 0 Å². The van der Waals surface area contributed by atoms with Crippen LogP contribution in [-0.4, -0.2) is 68.1 Å². The lowest BCUT2D eigenvalue weighted by Crippen LogP contribution is -2.40. The van der Waals surface area contributed by atoms with Crippen molar-refractivity contribution in [1.29, 1.82) is 0 Å². The Bertz CT molecular complexity index is 655. The summed E-state index contributed by atoms with van der Waals surface area (Å²) < 4.78 is 6.96. The van der Waals surface area contributed by atoms with Crippen LogP contribution in [0, 0.1) is 0 Å². The highest BCUT2D eigenvalue weighted by molar-refractivity contribution is 5.79. The lowest BCUT2D eigenvalue weighted by Gasteiger charge is -2.18. The largest absolute Gasteiger partial charge is 0.385 e. The van der Waals surface area contributed by atoms with Gasteiger partial charge in [-0.2, -0.15) is 5.10 Å². The Balaban J connectivity index is 1.71. The number of benzene rings is 1. The minimum atomic E-state index is 0.677. The van der Waals surface area contributed by atoms with E-state index in [9.17, 15) is 0 Å². The molecule has 26 heavy (non-hydrogen) atoms. The van der Waals surface area contributed by atoms with Gasteiger partial charge in [0.05, 0.1) is 11.9 Å². The van der Waals surface area contributed by atoms with Crippen LogP contribution in [0.4, 0.5) is 0 Å². The summed E-state index contributed by atoms with van der Waals surface area (Å²) in [5.74, 6) is 0.794. The molecule has 0 atom stereocenters. The maximum Gasteiger partial charge on any atom is 0.191 e. The molecule has 1 aromatic heterocycles. The molecule has 0 amide bonds. The molecule has 0 aliphatic rings. The second-order valence-electron chi connectivity index (χ2n) is 6.13. The third-order valence-electron chi connectivity index (χ3n) is 4.01. The van der Waals surface area contributed by atoms with Crippen molar-refractivity contribution in [2.75, 3.05) is 47.4 Å². The molecule has 0 spiro atoms. The summed E-state index contributed by atoms with van der Waals surface area (Å²) in [5.41, 5.74) is 2.16. The highest BCUT2D eigenvalue weighted by atomic mass is 16.5. The summed E-state index contributed by atoms with van der Waals surface area (Å²) in [7, 11) is 5.64. The predicted molar refractivity (Wildman–Crippen MR) is 106 cm³/mol. The van der Waals surface area contributed by atoms with E-state index >= 15 is 0 Å². The number of aromatic nitrogens is 2. The van der Waals surface area contributed by atoms with Crippen LogP contribution >= 0.6 is 0 Å². The second-order valence-corrected chi connectivity index (χ2v) is 6.13. The van der Waals surface area contributed by atoms with Crippen molar-refractivity contribution in [3.63, 3.8) is 0 Å². The van der Waals surface area contributed by atoms with Crippen LogP contribution in [0.3, 0.4) is 0 Å². The Morgan fingerprint density at radius 3 is 2.77 bits per heavy atom. The monoisotopic (exact) mass is 358 g/mol. The molecule has 1 heterocycles. The van der Waals surface area contributed by atoms with E-state index in [1.54, 1.807) is 14.2 Å². The van der Waals surface area contributed by atoms with Gasteiger partial charge in [0, 0.05) is 58.7 Å². The van der Waals surface area contributed by atoms with Gasteiger partial charge in [0.2, 0.25) is 0 Å². The SMILES string of the molecule is CN=C(NCCN(C)CCCOC)NCc1cnn(-c2ccccc2)c1. The maximum atomic E-state index is 5.08. The summed E-state index contributed by atoms with van der Waals surface area (Å²) in [6.07, 6.45) is 4.95. The third kappa shape index (κ3) is 6.85. The van der Waals surface area contributed by atoms with Crippen molar-refractivity contribution in [3.8, 4) is 5.69 Å². The van der Waals surface area contributed by atoms with Crippen LogP contribution in [0.25, 0.3) is 5.69 Å². The number of rotatable bonds is 10. The van der Waals surface area contributed by atoms with Crippen LogP contribution in [-0.2, 0) is 11.3 Å². The number of hydrogen-bond donors (Lipinski definition) is 2. The number of aliphatic imine (C=N–C) groups is 1. The number of para-hydroxylation sites is 1. The molecular formula is C19H30N6O. The van der Waals surface area contributed by atoms with Crippen LogP contribution in [0.15, 0.2) is 47.7 Å². The average molecular weight is 358 g/mol. The minimum absolute atomic E-state index is 0.677. The quantitative estimate of drug-likeness (QED) is 0.383. The molecule has 0 unspecified atom stereocenters. The average Bonchev–Trinajstić information content (AvgIpc) is 3.14. The molecule has 0 aliphatic heterocycles. The molecule has 0 fully saturated rings. The van der Waals surface area contributed by atoms with E-state index in [0.717, 1.165) is 49.9 Å². The van der Waals surface area contributed by atoms with E-state index in [1.165, 1.54) is 0 Å². The first-order valence-electron chi connectivity index (χ1n) is 8.94. The van der Waals surface area contributed by atoms with E-state index in [4.69, 9.17) is 4.74 Å². The summed E-state index contributed by atoms with van der Waals surface area (Å²) in [5, 5.41) is 11.1. The molecule has 1 aromatic carbocycles. The Hall–Kier alpha value is -2.38. The minimum Gasteiger partial charge on any atom is -0.385 e. The van der Waals surface area contributed by atoms with Gasteiger partial charge in [-0.05, 0) is 25.6 Å². The molecule has 2 N–H and O–H groups in total. The number of nitrogens with zero attached hydrogens (tertiary/aromatic N) is 4. The zero-order valence-electron chi connectivity index (χ0n) is 16.0. The van der Waals surface area contributed by atoms with E-state index in [2.05, 4.69) is 32.7 Å². The van der Waals surface area contributed by atoms with E-state index in [0.29, 0.717) is 6.54 Å². The summed E-state index contributed by atoms with van der Waals surface area (Å²) in [6.45, 7) is 4.30. The maximum absolute atomic E-state index is 5.08. The number of hydrogen-bond acceptors (Lipinski definition) is 4. The van der Waals surface area contributed by atoms with Crippen molar-refractivity contribution < 1.29 is 4.74 Å². The van der Waals surface area contributed by atoms with Crippen LogP contribution < -0.4 is 10.6 Å². The molecule has 0 saturated carbocycles. The van der Waals surface area contributed by atoms with Gasteiger partial charge < -0.3 is 20.3 Å². The van der Waals surface area contributed by atoms with Gasteiger partial charge in [0.25, 0.3) is 0 Å². The molecule has 0 aliphatic carbocycles. The number of guanidine groups is 1. The molecule has 0 saturated heterocycles. The number of likely N-dealkylation sites (N-methyl/N-ethyl adjacent to an activating group) is 1. The Kier molecular flexibility index (Phi) is 8.65. The first-order chi connectivity index (χ1) is 12.7. The van der Waals surface area contributed by atoms with E-state index in [1.807, 2.05) is 47.4 Å². The topological polar surface area (TPSA) is 66.7 Å². The van der Waals surface area contributed by atoms with Gasteiger partial charge in [0.1, 0.15) is 0 Å². The zero-order chi connectivity index (χ0) is 18.6. The Morgan fingerprint density at radius 2 is 2.04 bits per heavy atom. The lowest BCUT2D eigenvalue weighted by molar-refractivity contribution is 0.180. The zero-order valence-corrected chi connectivity index (χ0v) is 16.0. The van der Waals surface area contributed by atoms with Gasteiger partial charge in [-0.25, -0.2) is 4.68 Å². The first-order valence-corrected chi connectivity index (χ1v) is 8.94. The number of ether oxygens (including phenoxy) is 1. The van der Waals surface area contributed by atoms with Crippen molar-refractivity contribution in [3.05, 3.63) is 48.3 Å². The second kappa shape index (κ2) is 11.3. The van der Waals surface area contributed by atoms with Crippen molar-refractivity contribution in [2.45, 2.75) is 13.0 Å². The molecular weight excluding hydrogens is 328 g/mol.